The van der Waals surface area contributed by atoms with Gasteiger partial charge in [0.05, 0.1) is 11.6 Å². The number of carbonyl (C=O) groups excluding carboxylic acids is 1. The molecule has 0 spiro atoms. The normalized spacial score (nSPS) is 11.4. The number of urea groups is 1. The molecule has 0 fully saturated rings. The summed E-state index contributed by atoms with van der Waals surface area (Å²) in [5.74, 6) is 0. The highest BCUT2D eigenvalue weighted by molar-refractivity contribution is 5.89. The molecule has 1 aromatic rings. The second kappa shape index (κ2) is 7.30. The molecular formula is C13H17N3O2. The second-order valence-electron chi connectivity index (χ2n) is 3.97. The summed E-state index contributed by atoms with van der Waals surface area (Å²) in [6.45, 7) is 2.52. The van der Waals surface area contributed by atoms with Crippen LogP contribution in [-0.4, -0.2) is 25.8 Å². The van der Waals surface area contributed by atoms with Gasteiger partial charge >= 0.3 is 6.03 Å². The van der Waals surface area contributed by atoms with Crippen LogP contribution in [0.3, 0.4) is 0 Å². The Morgan fingerprint density at radius 2 is 2.11 bits per heavy atom. The topological polar surface area (TPSA) is 74.2 Å². The zero-order chi connectivity index (χ0) is 13.4. The van der Waals surface area contributed by atoms with Crippen molar-refractivity contribution in [1.29, 1.82) is 5.26 Å². The number of anilines is 1. The van der Waals surface area contributed by atoms with Crippen LogP contribution in [0.25, 0.3) is 0 Å². The maximum atomic E-state index is 11.6. The number of amides is 2. The van der Waals surface area contributed by atoms with Gasteiger partial charge in [-0.15, -0.1) is 0 Å². The van der Waals surface area contributed by atoms with Gasteiger partial charge in [-0.25, -0.2) is 4.79 Å². The Morgan fingerprint density at radius 3 is 2.67 bits per heavy atom. The van der Waals surface area contributed by atoms with E-state index in [1.54, 1.807) is 31.4 Å². The zero-order valence-corrected chi connectivity index (χ0v) is 10.6. The van der Waals surface area contributed by atoms with E-state index in [4.69, 9.17) is 10.00 Å². The molecule has 5 nitrogen and oxygen atoms in total. The Hall–Kier alpha value is -2.06. The van der Waals surface area contributed by atoms with Crippen molar-refractivity contribution in [3.63, 3.8) is 0 Å². The number of benzene rings is 1. The van der Waals surface area contributed by atoms with Gasteiger partial charge in [-0.3, -0.25) is 0 Å². The van der Waals surface area contributed by atoms with Crippen LogP contribution in [0.1, 0.15) is 18.9 Å². The van der Waals surface area contributed by atoms with Crippen molar-refractivity contribution in [3.05, 3.63) is 29.8 Å². The van der Waals surface area contributed by atoms with E-state index < -0.39 is 0 Å². The quantitative estimate of drug-likeness (QED) is 0.836. The summed E-state index contributed by atoms with van der Waals surface area (Å²) < 4.78 is 4.94. The van der Waals surface area contributed by atoms with Crippen LogP contribution < -0.4 is 10.6 Å². The van der Waals surface area contributed by atoms with Crippen LogP contribution in [0.2, 0.25) is 0 Å². The average Bonchev–Trinajstić information content (AvgIpc) is 2.37. The van der Waals surface area contributed by atoms with Crippen molar-refractivity contribution in [2.24, 2.45) is 0 Å². The fourth-order valence-electron chi connectivity index (χ4n) is 1.39. The van der Waals surface area contributed by atoms with Crippen molar-refractivity contribution in [2.45, 2.75) is 19.4 Å². The first-order chi connectivity index (χ1) is 8.65. The predicted molar refractivity (Wildman–Crippen MR) is 69.3 cm³/mol. The minimum absolute atomic E-state index is 0.0448. The maximum absolute atomic E-state index is 11.6. The summed E-state index contributed by atoms with van der Waals surface area (Å²) in [5.41, 5.74) is 1.22. The number of carbonyl (C=O) groups is 1. The summed E-state index contributed by atoms with van der Waals surface area (Å²) >= 11 is 0. The molecule has 1 aromatic carbocycles. The van der Waals surface area contributed by atoms with E-state index in [1.807, 2.05) is 13.0 Å². The first kappa shape index (κ1) is 14.0. The summed E-state index contributed by atoms with van der Waals surface area (Å²) in [6.07, 6.45) is 0.761. The van der Waals surface area contributed by atoms with Crippen molar-refractivity contribution in [2.75, 3.05) is 19.0 Å². The summed E-state index contributed by atoms with van der Waals surface area (Å²) in [4.78, 5) is 11.6. The molecule has 0 aliphatic rings. The van der Waals surface area contributed by atoms with Crippen LogP contribution in [0.4, 0.5) is 10.5 Å². The molecule has 0 radical (unpaired) electrons. The largest absolute Gasteiger partial charge is 0.385 e. The molecule has 96 valence electrons. The number of methoxy groups -OCH3 is 1. The van der Waals surface area contributed by atoms with Crippen LogP contribution in [0.15, 0.2) is 24.3 Å². The van der Waals surface area contributed by atoms with Gasteiger partial charge in [0, 0.05) is 25.4 Å². The summed E-state index contributed by atoms with van der Waals surface area (Å²) in [6, 6.07) is 8.50. The third-order valence-corrected chi connectivity index (χ3v) is 2.40. The average molecular weight is 247 g/mol. The number of hydrogen-bond donors (Lipinski definition) is 2. The lowest BCUT2D eigenvalue weighted by Gasteiger charge is -2.14. The fraction of sp³-hybridized carbons (Fsp3) is 0.385. The highest BCUT2D eigenvalue weighted by Crippen LogP contribution is 2.08. The van der Waals surface area contributed by atoms with Crippen molar-refractivity contribution < 1.29 is 9.53 Å². The number of hydrogen-bond acceptors (Lipinski definition) is 3. The minimum atomic E-state index is -0.261. The maximum Gasteiger partial charge on any atom is 0.319 e. The van der Waals surface area contributed by atoms with Gasteiger partial charge in [-0.1, -0.05) is 0 Å². The molecule has 18 heavy (non-hydrogen) atoms. The smallest absolute Gasteiger partial charge is 0.319 e. The molecule has 0 heterocycles. The third kappa shape index (κ3) is 4.85. The molecule has 0 unspecified atom stereocenters. The molecule has 1 rings (SSSR count). The van der Waals surface area contributed by atoms with Gasteiger partial charge in [0.2, 0.25) is 0 Å². The zero-order valence-electron chi connectivity index (χ0n) is 10.6. The molecule has 2 amide bonds. The Bertz CT molecular complexity index is 423. The van der Waals surface area contributed by atoms with Gasteiger partial charge in [-0.05, 0) is 37.6 Å². The lowest BCUT2D eigenvalue weighted by Crippen LogP contribution is -2.36. The summed E-state index contributed by atoms with van der Waals surface area (Å²) in [5, 5.41) is 14.1. The Balaban J connectivity index is 2.41. The van der Waals surface area contributed by atoms with Crippen molar-refractivity contribution in [1.82, 2.24) is 5.32 Å². The highest BCUT2D eigenvalue weighted by Gasteiger charge is 2.06. The molecule has 2 N–H and O–H groups in total. The first-order valence-electron chi connectivity index (χ1n) is 5.72. The third-order valence-electron chi connectivity index (χ3n) is 2.40. The molecule has 1 atom stereocenters. The number of nitrogens with zero attached hydrogens (tertiary/aromatic N) is 1. The number of rotatable bonds is 5. The number of nitrogens with one attached hydrogen (secondary N) is 2. The lowest BCUT2D eigenvalue weighted by molar-refractivity contribution is 0.185. The van der Waals surface area contributed by atoms with Crippen LogP contribution in [0.5, 0.6) is 0 Å². The van der Waals surface area contributed by atoms with Crippen LogP contribution in [-0.2, 0) is 4.74 Å². The van der Waals surface area contributed by atoms with Crippen molar-refractivity contribution in [3.8, 4) is 6.07 Å². The molecule has 0 aliphatic heterocycles. The second-order valence-corrected chi connectivity index (χ2v) is 3.97. The van der Waals surface area contributed by atoms with E-state index in [0.717, 1.165) is 6.42 Å². The summed E-state index contributed by atoms with van der Waals surface area (Å²) in [7, 11) is 1.63. The lowest BCUT2D eigenvalue weighted by atomic mass is 10.2. The van der Waals surface area contributed by atoms with E-state index in [2.05, 4.69) is 10.6 Å². The molecule has 0 saturated carbocycles. The number of ether oxygens (including phenoxy) is 1. The van der Waals surface area contributed by atoms with Crippen LogP contribution >= 0.6 is 0 Å². The van der Waals surface area contributed by atoms with E-state index in [0.29, 0.717) is 17.9 Å². The van der Waals surface area contributed by atoms with Gasteiger partial charge in [-0.2, -0.15) is 5.26 Å². The van der Waals surface area contributed by atoms with E-state index >= 15 is 0 Å². The molecule has 0 saturated heterocycles. The monoisotopic (exact) mass is 247 g/mol. The Labute approximate surface area is 107 Å². The van der Waals surface area contributed by atoms with Gasteiger partial charge < -0.3 is 15.4 Å². The standard InChI is InChI=1S/C13H17N3O2/c1-10(7-8-18-2)15-13(17)16-12-5-3-11(9-14)4-6-12/h3-6,10H,7-8H2,1-2H3,(H2,15,16,17)/t10-/m0/s1. The fourth-order valence-corrected chi connectivity index (χ4v) is 1.39. The van der Waals surface area contributed by atoms with Gasteiger partial charge in [0.15, 0.2) is 0 Å². The van der Waals surface area contributed by atoms with E-state index in [9.17, 15) is 4.79 Å². The minimum Gasteiger partial charge on any atom is -0.385 e. The van der Waals surface area contributed by atoms with Gasteiger partial charge in [0.25, 0.3) is 0 Å². The van der Waals surface area contributed by atoms with Gasteiger partial charge in [0.1, 0.15) is 0 Å². The molecule has 5 heteroatoms. The Kier molecular flexibility index (Phi) is 5.68. The van der Waals surface area contributed by atoms with E-state index in [-0.39, 0.29) is 12.1 Å². The van der Waals surface area contributed by atoms with Crippen LogP contribution in [0, 0.1) is 11.3 Å². The molecule has 0 aromatic heterocycles. The highest BCUT2D eigenvalue weighted by atomic mass is 16.5. The predicted octanol–water partition coefficient (Wildman–Crippen LogP) is 2.10. The van der Waals surface area contributed by atoms with Crippen molar-refractivity contribution >= 4 is 11.7 Å². The molecule has 0 bridgehead atoms. The Morgan fingerprint density at radius 1 is 1.44 bits per heavy atom. The number of nitriles is 1. The SMILES string of the molecule is COCC[C@H](C)NC(=O)Nc1ccc(C#N)cc1. The molecular weight excluding hydrogens is 230 g/mol. The van der Waals surface area contributed by atoms with E-state index in [1.165, 1.54) is 0 Å². The first-order valence-corrected chi connectivity index (χ1v) is 5.72. The molecule has 0 aliphatic carbocycles.